The quantitative estimate of drug-likeness (QED) is 0.778. The van der Waals surface area contributed by atoms with E-state index in [2.05, 4.69) is 4.98 Å². The van der Waals surface area contributed by atoms with Gasteiger partial charge in [0.15, 0.2) is 11.5 Å². The van der Waals surface area contributed by atoms with Gasteiger partial charge in [0.1, 0.15) is 17.9 Å². The second-order valence-corrected chi connectivity index (χ2v) is 4.88. The molecule has 0 aliphatic carbocycles. The van der Waals surface area contributed by atoms with Crippen molar-refractivity contribution >= 4 is 17.1 Å². The second kappa shape index (κ2) is 5.89. The van der Waals surface area contributed by atoms with Gasteiger partial charge in [0.05, 0.1) is 5.56 Å². The Kier molecular flexibility index (Phi) is 3.78. The van der Waals surface area contributed by atoms with Gasteiger partial charge in [-0.15, -0.1) is 0 Å². The molecule has 0 radical (unpaired) electrons. The number of aromatic nitrogens is 1. The van der Waals surface area contributed by atoms with Crippen LogP contribution in [0.4, 0.5) is 0 Å². The van der Waals surface area contributed by atoms with E-state index < -0.39 is 5.97 Å². The molecule has 0 atom stereocenters. The summed E-state index contributed by atoms with van der Waals surface area (Å²) < 4.78 is 11.3. The van der Waals surface area contributed by atoms with Crippen LogP contribution in [0.25, 0.3) is 11.1 Å². The van der Waals surface area contributed by atoms with Gasteiger partial charge in [0.25, 0.3) is 0 Å². The molecule has 0 bridgehead atoms. The van der Waals surface area contributed by atoms with Crippen molar-refractivity contribution in [2.24, 2.45) is 0 Å². The Morgan fingerprint density at radius 1 is 1.27 bits per heavy atom. The number of hydrogen-bond acceptors (Lipinski definition) is 4. The van der Waals surface area contributed by atoms with E-state index in [9.17, 15) is 4.79 Å². The van der Waals surface area contributed by atoms with Crippen LogP contribution in [0.5, 0.6) is 5.75 Å². The number of carbonyl (C=O) groups is 1. The SMILES string of the molecule is CCc1nc2ccc(OCc3cccc(C(=O)O)c3)cc2o1. The van der Waals surface area contributed by atoms with Crippen molar-refractivity contribution in [2.75, 3.05) is 0 Å². The number of nitrogens with zero attached hydrogens (tertiary/aromatic N) is 1. The van der Waals surface area contributed by atoms with Crippen LogP contribution in [0.2, 0.25) is 0 Å². The fourth-order valence-electron chi connectivity index (χ4n) is 2.15. The lowest BCUT2D eigenvalue weighted by molar-refractivity contribution is 0.0696. The van der Waals surface area contributed by atoms with E-state index in [1.807, 2.05) is 25.1 Å². The van der Waals surface area contributed by atoms with Crippen LogP contribution in [0.1, 0.15) is 28.7 Å². The molecule has 0 aliphatic rings. The van der Waals surface area contributed by atoms with Gasteiger partial charge in [-0.05, 0) is 29.8 Å². The van der Waals surface area contributed by atoms with Crippen molar-refractivity contribution in [3.05, 3.63) is 59.5 Å². The van der Waals surface area contributed by atoms with Crippen LogP contribution in [0.15, 0.2) is 46.9 Å². The molecular formula is C17H15NO4. The number of hydrogen-bond donors (Lipinski definition) is 1. The summed E-state index contributed by atoms with van der Waals surface area (Å²) in [5.74, 6) is 0.408. The standard InChI is InChI=1S/C17H15NO4/c1-2-16-18-14-7-6-13(9-15(14)22-16)21-10-11-4-3-5-12(8-11)17(19)20/h3-9H,2,10H2,1H3,(H,19,20). The lowest BCUT2D eigenvalue weighted by Gasteiger charge is -2.06. The Hall–Kier alpha value is -2.82. The zero-order chi connectivity index (χ0) is 15.5. The number of carboxylic acid groups (broad SMARTS) is 1. The van der Waals surface area contributed by atoms with Crippen molar-refractivity contribution in [1.29, 1.82) is 0 Å². The van der Waals surface area contributed by atoms with Crippen molar-refractivity contribution in [3.63, 3.8) is 0 Å². The van der Waals surface area contributed by atoms with Gasteiger partial charge in [-0.2, -0.15) is 0 Å². The third kappa shape index (κ3) is 2.93. The topological polar surface area (TPSA) is 72.6 Å². The number of aromatic carboxylic acids is 1. The Morgan fingerprint density at radius 2 is 2.14 bits per heavy atom. The molecule has 1 heterocycles. The molecule has 5 heteroatoms. The molecule has 0 saturated carbocycles. The fraction of sp³-hybridized carbons (Fsp3) is 0.176. The summed E-state index contributed by atoms with van der Waals surface area (Å²) in [5.41, 5.74) is 2.54. The summed E-state index contributed by atoms with van der Waals surface area (Å²) in [5, 5.41) is 8.98. The van der Waals surface area contributed by atoms with Gasteiger partial charge < -0.3 is 14.3 Å². The van der Waals surface area contributed by atoms with E-state index >= 15 is 0 Å². The maximum absolute atomic E-state index is 10.9. The molecule has 3 rings (SSSR count). The van der Waals surface area contributed by atoms with Crippen LogP contribution in [-0.4, -0.2) is 16.1 Å². The van der Waals surface area contributed by atoms with E-state index in [1.54, 1.807) is 24.3 Å². The number of carboxylic acids is 1. The van der Waals surface area contributed by atoms with E-state index in [0.717, 1.165) is 17.5 Å². The summed E-state index contributed by atoms with van der Waals surface area (Å²) in [6.07, 6.45) is 0.743. The third-order valence-corrected chi connectivity index (χ3v) is 3.29. The van der Waals surface area contributed by atoms with E-state index in [1.165, 1.54) is 0 Å². The zero-order valence-electron chi connectivity index (χ0n) is 12.1. The van der Waals surface area contributed by atoms with Crippen LogP contribution >= 0.6 is 0 Å². The predicted molar refractivity (Wildman–Crippen MR) is 81.1 cm³/mol. The first-order chi connectivity index (χ1) is 10.7. The van der Waals surface area contributed by atoms with E-state index in [4.69, 9.17) is 14.3 Å². The Bertz CT molecular complexity index is 822. The average molecular weight is 297 g/mol. The number of oxazole rings is 1. The molecule has 0 aliphatic heterocycles. The largest absolute Gasteiger partial charge is 0.489 e. The van der Waals surface area contributed by atoms with Crippen molar-refractivity contribution in [3.8, 4) is 5.75 Å². The zero-order valence-corrected chi connectivity index (χ0v) is 12.1. The van der Waals surface area contributed by atoms with E-state index in [0.29, 0.717) is 23.8 Å². The summed E-state index contributed by atoms with van der Waals surface area (Å²) in [7, 11) is 0. The number of aryl methyl sites for hydroxylation is 1. The van der Waals surface area contributed by atoms with Gasteiger partial charge in [-0.1, -0.05) is 19.1 Å². The molecule has 0 spiro atoms. The fourth-order valence-corrected chi connectivity index (χ4v) is 2.15. The minimum atomic E-state index is -0.947. The first-order valence-corrected chi connectivity index (χ1v) is 7.00. The first-order valence-electron chi connectivity index (χ1n) is 7.00. The molecule has 0 saturated heterocycles. The highest BCUT2D eigenvalue weighted by Gasteiger charge is 2.07. The van der Waals surface area contributed by atoms with Crippen molar-refractivity contribution < 1.29 is 19.1 Å². The maximum atomic E-state index is 10.9. The Balaban J connectivity index is 1.75. The molecule has 22 heavy (non-hydrogen) atoms. The molecular weight excluding hydrogens is 282 g/mol. The van der Waals surface area contributed by atoms with Gasteiger partial charge in [-0.25, -0.2) is 9.78 Å². The van der Waals surface area contributed by atoms with Gasteiger partial charge in [0.2, 0.25) is 0 Å². The normalized spacial score (nSPS) is 10.8. The van der Waals surface area contributed by atoms with Crippen LogP contribution < -0.4 is 4.74 Å². The highest BCUT2D eigenvalue weighted by molar-refractivity contribution is 5.87. The van der Waals surface area contributed by atoms with Crippen molar-refractivity contribution in [1.82, 2.24) is 4.98 Å². The molecule has 0 unspecified atom stereocenters. The smallest absolute Gasteiger partial charge is 0.335 e. The van der Waals surface area contributed by atoms with Crippen LogP contribution in [-0.2, 0) is 13.0 Å². The lowest BCUT2D eigenvalue weighted by atomic mass is 10.1. The summed E-state index contributed by atoms with van der Waals surface area (Å²) in [6.45, 7) is 2.28. The molecule has 0 fully saturated rings. The van der Waals surface area contributed by atoms with Crippen LogP contribution in [0, 0.1) is 0 Å². The third-order valence-electron chi connectivity index (χ3n) is 3.29. The Morgan fingerprint density at radius 3 is 2.91 bits per heavy atom. The molecule has 1 N–H and O–H groups in total. The molecule has 5 nitrogen and oxygen atoms in total. The first kappa shape index (κ1) is 14.1. The minimum Gasteiger partial charge on any atom is -0.489 e. The molecule has 2 aromatic carbocycles. The maximum Gasteiger partial charge on any atom is 0.335 e. The summed E-state index contributed by atoms with van der Waals surface area (Å²) in [6, 6.07) is 12.2. The molecule has 3 aromatic rings. The number of ether oxygens (including phenoxy) is 1. The van der Waals surface area contributed by atoms with Crippen LogP contribution in [0.3, 0.4) is 0 Å². The van der Waals surface area contributed by atoms with Gasteiger partial charge in [-0.3, -0.25) is 0 Å². The molecule has 0 amide bonds. The van der Waals surface area contributed by atoms with Gasteiger partial charge in [0, 0.05) is 12.5 Å². The van der Waals surface area contributed by atoms with E-state index in [-0.39, 0.29) is 5.56 Å². The highest BCUT2D eigenvalue weighted by atomic mass is 16.5. The number of rotatable bonds is 5. The summed E-state index contributed by atoms with van der Waals surface area (Å²) in [4.78, 5) is 15.3. The highest BCUT2D eigenvalue weighted by Crippen LogP contribution is 2.22. The van der Waals surface area contributed by atoms with Crippen molar-refractivity contribution in [2.45, 2.75) is 20.0 Å². The minimum absolute atomic E-state index is 0.249. The monoisotopic (exact) mass is 297 g/mol. The molecule has 1 aromatic heterocycles. The summed E-state index contributed by atoms with van der Waals surface area (Å²) >= 11 is 0. The Labute approximate surface area is 127 Å². The lowest BCUT2D eigenvalue weighted by Crippen LogP contribution is -2.00. The van der Waals surface area contributed by atoms with Gasteiger partial charge >= 0.3 is 5.97 Å². The number of fused-ring (bicyclic) bond motifs is 1. The number of benzene rings is 2. The average Bonchev–Trinajstić information content (AvgIpc) is 2.95. The molecule has 112 valence electrons. The predicted octanol–water partition coefficient (Wildman–Crippen LogP) is 3.67. The second-order valence-electron chi connectivity index (χ2n) is 4.88.